The minimum Gasteiger partial charge on any atom is -0.380 e. The van der Waals surface area contributed by atoms with Gasteiger partial charge in [0.2, 0.25) is 5.91 Å². The second kappa shape index (κ2) is 11.6. The van der Waals surface area contributed by atoms with Crippen molar-refractivity contribution in [3.63, 3.8) is 0 Å². The molecule has 0 unspecified atom stereocenters. The maximum atomic E-state index is 13.5. The largest absolute Gasteiger partial charge is 0.380 e. The molecule has 3 saturated heterocycles. The van der Waals surface area contributed by atoms with Crippen molar-refractivity contribution in [2.45, 2.75) is 51.9 Å². The van der Waals surface area contributed by atoms with Gasteiger partial charge in [-0.2, -0.15) is 0 Å². The molecule has 3 aliphatic heterocycles. The summed E-state index contributed by atoms with van der Waals surface area (Å²) >= 11 is 6.13. The van der Waals surface area contributed by atoms with E-state index in [0.29, 0.717) is 55.5 Å². The Hall–Kier alpha value is -2.98. The van der Waals surface area contributed by atoms with Crippen molar-refractivity contribution in [2.75, 3.05) is 37.7 Å². The maximum absolute atomic E-state index is 13.5. The number of nitrogens with two attached hydrogens (primary N) is 1. The molecule has 0 atom stereocenters. The number of aromatic nitrogens is 2. The molecule has 0 saturated carbocycles. The molecule has 3 fully saturated rings. The van der Waals surface area contributed by atoms with E-state index in [9.17, 15) is 18.8 Å². The molecule has 2 aromatic rings. The van der Waals surface area contributed by atoms with E-state index in [1.165, 1.54) is 25.2 Å². The highest BCUT2D eigenvalue weighted by atomic mass is 35.5. The molecule has 9 nitrogen and oxygen atoms in total. The zero-order chi connectivity index (χ0) is 26.6. The van der Waals surface area contributed by atoms with Crippen molar-refractivity contribution in [3.8, 4) is 0 Å². The maximum Gasteiger partial charge on any atom is 0.272 e. The van der Waals surface area contributed by atoms with Crippen LogP contribution in [0, 0.1) is 18.2 Å². The summed E-state index contributed by atoms with van der Waals surface area (Å²) in [6.45, 7) is 5.13. The second-order valence-corrected chi connectivity index (χ2v) is 10.5. The first-order valence-corrected chi connectivity index (χ1v) is 13.0. The number of ether oxygens (including phenoxy) is 1. The van der Waals surface area contributed by atoms with Crippen LogP contribution in [0.2, 0.25) is 5.02 Å². The molecule has 11 heteroatoms. The van der Waals surface area contributed by atoms with E-state index in [-0.39, 0.29) is 34.4 Å². The number of nitrogens with one attached hydrogen (secondary N) is 1. The van der Waals surface area contributed by atoms with Gasteiger partial charge >= 0.3 is 0 Å². The van der Waals surface area contributed by atoms with Crippen LogP contribution >= 0.6 is 11.6 Å². The Balaban J connectivity index is 0.000000175. The standard InChI is InChI=1S/C16H21ClFNO.C10H12N4O3/c1-12-10-15(13(17)11-14(12)18)19-9-7-5-3-2-4-6-8-16(19)20;11-8(15)6-7(13-5-12-6)9(16)14-1-10(2-14)3-17-4-10/h10-11H,2-9H2,1H3;5H,1-4H2,(H2,11,15)(H,12,13). The van der Waals surface area contributed by atoms with Crippen LogP contribution in [0.1, 0.15) is 71.5 Å². The van der Waals surface area contributed by atoms with E-state index in [0.717, 1.165) is 25.7 Å². The lowest BCUT2D eigenvalue weighted by Gasteiger charge is -2.54. The summed E-state index contributed by atoms with van der Waals surface area (Å²) < 4.78 is 18.6. The number of aryl methyl sites for hydroxylation is 1. The fourth-order valence-electron chi connectivity index (χ4n) is 4.90. The molecule has 3 N–H and O–H groups in total. The third kappa shape index (κ3) is 6.13. The summed E-state index contributed by atoms with van der Waals surface area (Å²) in [6, 6.07) is 2.99. The van der Waals surface area contributed by atoms with Crippen molar-refractivity contribution < 1.29 is 23.5 Å². The normalized spacial score (nSPS) is 19.4. The molecule has 1 aromatic carbocycles. The molecule has 0 bridgehead atoms. The van der Waals surface area contributed by atoms with Crippen LogP contribution in [-0.2, 0) is 9.53 Å². The van der Waals surface area contributed by atoms with Gasteiger partial charge in [0.15, 0.2) is 5.69 Å². The highest BCUT2D eigenvalue weighted by Crippen LogP contribution is 2.38. The molecule has 1 aromatic heterocycles. The summed E-state index contributed by atoms with van der Waals surface area (Å²) in [4.78, 5) is 45.3. The Labute approximate surface area is 220 Å². The van der Waals surface area contributed by atoms with Gasteiger partial charge < -0.3 is 25.3 Å². The van der Waals surface area contributed by atoms with Gasteiger partial charge in [0.25, 0.3) is 11.8 Å². The lowest BCUT2D eigenvalue weighted by atomic mass is 9.78. The molecule has 0 aliphatic carbocycles. The number of nitrogens with zero attached hydrogens (tertiary/aromatic N) is 3. The lowest BCUT2D eigenvalue weighted by Crippen LogP contribution is -2.67. The Morgan fingerprint density at radius 1 is 1.14 bits per heavy atom. The number of carbonyl (C=O) groups is 3. The molecule has 1 spiro atoms. The number of imidazole rings is 1. The summed E-state index contributed by atoms with van der Waals surface area (Å²) in [6.07, 6.45) is 8.41. The number of primary amides is 1. The monoisotopic (exact) mass is 533 g/mol. The third-order valence-electron chi connectivity index (χ3n) is 7.09. The predicted molar refractivity (Wildman–Crippen MR) is 137 cm³/mol. The molecule has 0 radical (unpaired) electrons. The number of hydrogen-bond donors (Lipinski definition) is 2. The lowest BCUT2D eigenvalue weighted by molar-refractivity contribution is -0.176. The topological polar surface area (TPSA) is 122 Å². The average Bonchev–Trinajstić information content (AvgIpc) is 3.30. The molecule has 37 heavy (non-hydrogen) atoms. The van der Waals surface area contributed by atoms with Gasteiger partial charge in [-0.25, -0.2) is 9.37 Å². The molecule has 3 amide bonds. The van der Waals surface area contributed by atoms with E-state index in [1.54, 1.807) is 22.8 Å². The molecule has 5 rings (SSSR count). The first-order valence-electron chi connectivity index (χ1n) is 12.7. The van der Waals surface area contributed by atoms with Gasteiger partial charge in [-0.15, -0.1) is 0 Å². The number of benzene rings is 1. The van der Waals surface area contributed by atoms with Crippen molar-refractivity contribution in [3.05, 3.63) is 46.3 Å². The third-order valence-corrected chi connectivity index (χ3v) is 7.39. The molecule has 4 heterocycles. The number of likely N-dealkylation sites (tertiary alicyclic amines) is 1. The fraction of sp³-hybridized carbons (Fsp3) is 0.538. The number of rotatable bonds is 3. The summed E-state index contributed by atoms with van der Waals surface area (Å²) in [5.41, 5.74) is 6.64. The number of halogens is 2. The zero-order valence-electron chi connectivity index (χ0n) is 21.0. The van der Waals surface area contributed by atoms with Crippen molar-refractivity contribution in [1.82, 2.24) is 14.9 Å². The van der Waals surface area contributed by atoms with E-state index < -0.39 is 5.91 Å². The number of H-pyrrole nitrogens is 1. The smallest absolute Gasteiger partial charge is 0.272 e. The Kier molecular flexibility index (Phi) is 8.49. The molecule has 200 valence electrons. The Bertz CT molecular complexity index is 1160. The number of carbonyl (C=O) groups excluding carboxylic acids is 3. The Morgan fingerprint density at radius 3 is 2.46 bits per heavy atom. The first kappa shape index (κ1) is 27.1. The second-order valence-electron chi connectivity index (χ2n) is 10.1. The van der Waals surface area contributed by atoms with Crippen LogP contribution in [-0.4, -0.2) is 65.4 Å². The summed E-state index contributed by atoms with van der Waals surface area (Å²) in [5.74, 6) is -1.15. The predicted octanol–water partition coefficient (Wildman–Crippen LogP) is 3.85. The van der Waals surface area contributed by atoms with Gasteiger partial charge in [-0.05, 0) is 37.5 Å². The number of anilines is 1. The summed E-state index contributed by atoms with van der Waals surface area (Å²) in [7, 11) is 0. The molecular formula is C26H33ClFN5O4. The van der Waals surface area contributed by atoms with E-state index >= 15 is 0 Å². The minimum atomic E-state index is -0.697. The zero-order valence-corrected chi connectivity index (χ0v) is 21.8. The molecule has 3 aliphatic rings. The minimum absolute atomic E-state index is 0.000749. The molecular weight excluding hydrogens is 501 g/mol. The number of hydrogen-bond acceptors (Lipinski definition) is 5. The van der Waals surface area contributed by atoms with Gasteiger partial charge in [-0.1, -0.05) is 37.3 Å². The van der Waals surface area contributed by atoms with Crippen LogP contribution < -0.4 is 10.6 Å². The van der Waals surface area contributed by atoms with E-state index in [1.807, 2.05) is 0 Å². The van der Waals surface area contributed by atoms with Gasteiger partial charge in [0.05, 0.1) is 35.7 Å². The van der Waals surface area contributed by atoms with Crippen molar-refractivity contribution >= 4 is 35.0 Å². The van der Waals surface area contributed by atoms with Crippen LogP contribution in [0.25, 0.3) is 0 Å². The van der Waals surface area contributed by atoms with Crippen LogP contribution in [0.4, 0.5) is 10.1 Å². The van der Waals surface area contributed by atoms with Crippen LogP contribution in [0.15, 0.2) is 18.5 Å². The van der Waals surface area contributed by atoms with Gasteiger partial charge in [0.1, 0.15) is 11.5 Å². The highest BCUT2D eigenvalue weighted by molar-refractivity contribution is 6.33. The van der Waals surface area contributed by atoms with Crippen LogP contribution in [0.5, 0.6) is 0 Å². The van der Waals surface area contributed by atoms with Crippen molar-refractivity contribution in [2.24, 2.45) is 11.1 Å². The number of aromatic amines is 1. The average molecular weight is 534 g/mol. The van der Waals surface area contributed by atoms with Gasteiger partial charge in [0, 0.05) is 26.1 Å². The van der Waals surface area contributed by atoms with E-state index in [4.69, 9.17) is 22.1 Å². The Morgan fingerprint density at radius 2 is 1.81 bits per heavy atom. The van der Waals surface area contributed by atoms with Gasteiger partial charge in [-0.3, -0.25) is 14.4 Å². The fourth-order valence-corrected chi connectivity index (χ4v) is 5.15. The SMILES string of the molecule is Cc1cc(N2CCCCCCCCC2=O)c(Cl)cc1F.NC(=O)c1nc[nH]c1C(=O)N1CC2(COC2)C1. The van der Waals surface area contributed by atoms with Crippen LogP contribution in [0.3, 0.4) is 0 Å². The highest BCUT2D eigenvalue weighted by Gasteiger charge is 2.51. The van der Waals surface area contributed by atoms with Crippen molar-refractivity contribution in [1.29, 1.82) is 0 Å². The quantitative estimate of drug-likeness (QED) is 0.620. The summed E-state index contributed by atoms with van der Waals surface area (Å²) in [5, 5.41) is 0.318. The van der Waals surface area contributed by atoms with E-state index in [2.05, 4.69) is 9.97 Å². The first-order chi connectivity index (χ1) is 17.7. The number of amides is 3.